The van der Waals surface area contributed by atoms with Crippen molar-refractivity contribution in [3.05, 3.63) is 89.5 Å². The summed E-state index contributed by atoms with van der Waals surface area (Å²) >= 11 is 0. The highest BCUT2D eigenvalue weighted by molar-refractivity contribution is 6.19. The van der Waals surface area contributed by atoms with Crippen LogP contribution in [0.15, 0.2) is 78.3 Å². The molecule has 0 saturated carbocycles. The maximum Gasteiger partial charge on any atom is 0.269 e. The molecule has 2 aromatic carbocycles. The van der Waals surface area contributed by atoms with E-state index < -0.39 is 4.76 Å². The van der Waals surface area contributed by atoms with E-state index in [1.165, 1.54) is 6.33 Å². The molecule has 2 aliphatic heterocycles. The Morgan fingerprint density at radius 2 is 1.85 bits per heavy atom. The monoisotopic (exact) mass is 442 g/mol. The fourth-order valence-corrected chi connectivity index (χ4v) is 4.48. The van der Waals surface area contributed by atoms with E-state index in [2.05, 4.69) is 20.0 Å². The SMILES string of the molecule is CC=CN1CCC[C@@H]([N@@+]2([O-])N=C(c3ccc(Oc4ccccc4)cc3)c3c(N)ncnc32)C1. The first kappa shape index (κ1) is 21.1. The van der Waals surface area contributed by atoms with E-state index in [9.17, 15) is 5.21 Å². The normalized spacial score (nSPS) is 22.3. The van der Waals surface area contributed by atoms with E-state index >= 15 is 0 Å². The van der Waals surface area contributed by atoms with Crippen LogP contribution in [0.5, 0.6) is 11.5 Å². The van der Waals surface area contributed by atoms with E-state index in [0.29, 0.717) is 29.4 Å². The molecule has 2 atom stereocenters. The fourth-order valence-electron chi connectivity index (χ4n) is 4.48. The van der Waals surface area contributed by atoms with Crippen LogP contribution in [0.2, 0.25) is 0 Å². The number of para-hydroxylation sites is 1. The number of piperidine rings is 1. The predicted molar refractivity (Wildman–Crippen MR) is 130 cm³/mol. The number of hydroxylamine groups is 1. The molecule has 2 aliphatic rings. The molecule has 33 heavy (non-hydrogen) atoms. The number of nitrogens with zero attached hydrogens (tertiary/aromatic N) is 5. The van der Waals surface area contributed by atoms with Crippen molar-refractivity contribution < 1.29 is 4.74 Å². The topological polar surface area (TPSA) is 99.7 Å². The molecule has 3 heterocycles. The first-order chi connectivity index (χ1) is 16.1. The summed E-state index contributed by atoms with van der Waals surface area (Å²) in [4.78, 5) is 10.7. The molecule has 0 unspecified atom stereocenters. The Morgan fingerprint density at radius 3 is 2.61 bits per heavy atom. The third kappa shape index (κ3) is 3.94. The van der Waals surface area contributed by atoms with Gasteiger partial charge in [-0.1, -0.05) is 29.4 Å². The van der Waals surface area contributed by atoms with Gasteiger partial charge in [-0.05, 0) is 55.9 Å². The Morgan fingerprint density at radius 1 is 1.09 bits per heavy atom. The van der Waals surface area contributed by atoms with Crippen LogP contribution >= 0.6 is 0 Å². The number of allylic oxidation sites excluding steroid dienone is 1. The largest absolute Gasteiger partial charge is 0.598 e. The van der Waals surface area contributed by atoms with Gasteiger partial charge in [-0.15, -0.1) is 0 Å². The smallest absolute Gasteiger partial charge is 0.269 e. The standard InChI is InChI=1S/C25H26N6O2/c1-2-14-30-15-6-7-19(16-30)31(32)25-22(24(26)27-17-28-25)23(29-31)18-10-12-21(13-11-18)33-20-8-4-3-5-9-20/h2-5,8-14,17,19H,6-7,15-16H2,1H3,(H2,26,27,28)/t19-,31+/m1/s1. The van der Waals surface area contributed by atoms with Gasteiger partial charge in [-0.2, -0.15) is 9.74 Å². The number of hydrogen-bond donors (Lipinski definition) is 1. The van der Waals surface area contributed by atoms with Crippen LogP contribution < -0.4 is 15.2 Å². The minimum absolute atomic E-state index is 0.264. The molecule has 8 nitrogen and oxygen atoms in total. The number of benzene rings is 2. The average Bonchev–Trinajstić information content (AvgIpc) is 3.16. The number of hydrogen-bond acceptors (Lipinski definition) is 7. The van der Waals surface area contributed by atoms with Crippen molar-refractivity contribution in [1.82, 2.24) is 19.6 Å². The molecule has 1 saturated heterocycles. The lowest BCUT2D eigenvalue weighted by atomic mass is 10.0. The molecule has 8 heteroatoms. The molecule has 0 spiro atoms. The van der Waals surface area contributed by atoms with Gasteiger partial charge in [-0.25, -0.2) is 4.98 Å². The second-order valence-corrected chi connectivity index (χ2v) is 8.24. The zero-order valence-corrected chi connectivity index (χ0v) is 18.5. The summed E-state index contributed by atoms with van der Waals surface area (Å²) in [5.41, 5.74) is 8.05. The van der Waals surface area contributed by atoms with Crippen LogP contribution in [-0.2, 0) is 0 Å². The van der Waals surface area contributed by atoms with Gasteiger partial charge >= 0.3 is 0 Å². The van der Waals surface area contributed by atoms with Crippen molar-refractivity contribution in [2.75, 3.05) is 18.8 Å². The average molecular weight is 443 g/mol. The maximum absolute atomic E-state index is 14.2. The predicted octanol–water partition coefficient (Wildman–Crippen LogP) is 4.42. The number of ether oxygens (including phenoxy) is 1. The third-order valence-electron chi connectivity index (χ3n) is 6.03. The summed E-state index contributed by atoms with van der Waals surface area (Å²) in [7, 11) is 0. The van der Waals surface area contributed by atoms with Crippen molar-refractivity contribution in [2.24, 2.45) is 5.10 Å². The summed E-state index contributed by atoms with van der Waals surface area (Å²) < 4.78 is 5.03. The molecule has 5 rings (SSSR count). The highest BCUT2D eigenvalue weighted by Crippen LogP contribution is 2.40. The van der Waals surface area contributed by atoms with Crippen molar-refractivity contribution in [3.63, 3.8) is 0 Å². The molecule has 0 aliphatic carbocycles. The lowest BCUT2D eigenvalue weighted by molar-refractivity contribution is 0.170. The zero-order valence-electron chi connectivity index (χ0n) is 18.5. The summed E-state index contributed by atoms with van der Waals surface area (Å²) in [5.74, 6) is 2.03. The minimum atomic E-state index is -0.867. The van der Waals surface area contributed by atoms with E-state index in [-0.39, 0.29) is 11.9 Å². The molecule has 0 amide bonds. The van der Waals surface area contributed by atoms with Crippen LogP contribution in [0.4, 0.5) is 11.6 Å². The van der Waals surface area contributed by atoms with E-state index in [0.717, 1.165) is 30.7 Å². The maximum atomic E-state index is 14.2. The Labute approximate surface area is 192 Å². The molecule has 3 aromatic rings. The number of nitrogens with two attached hydrogens (primary N) is 1. The van der Waals surface area contributed by atoms with Gasteiger partial charge in [0.05, 0.1) is 6.54 Å². The van der Waals surface area contributed by atoms with Crippen LogP contribution in [0.3, 0.4) is 0 Å². The highest BCUT2D eigenvalue weighted by Gasteiger charge is 2.45. The van der Waals surface area contributed by atoms with Gasteiger partial charge in [0, 0.05) is 18.5 Å². The van der Waals surface area contributed by atoms with Crippen LogP contribution in [0.1, 0.15) is 30.9 Å². The third-order valence-corrected chi connectivity index (χ3v) is 6.03. The Hall–Kier alpha value is -3.75. The quantitative estimate of drug-likeness (QED) is 0.464. The van der Waals surface area contributed by atoms with Crippen LogP contribution in [0.25, 0.3) is 0 Å². The molecule has 1 fully saturated rings. The number of rotatable bonds is 5. The molecule has 168 valence electrons. The fraction of sp³-hybridized carbons (Fsp3) is 0.240. The lowest BCUT2D eigenvalue weighted by Gasteiger charge is -2.43. The Kier molecular flexibility index (Phi) is 5.53. The summed E-state index contributed by atoms with van der Waals surface area (Å²) in [6, 6.07) is 16.8. The zero-order chi connectivity index (χ0) is 22.8. The van der Waals surface area contributed by atoms with Gasteiger partial charge in [-0.3, -0.25) is 0 Å². The van der Waals surface area contributed by atoms with Gasteiger partial charge in [0.15, 0.2) is 0 Å². The second kappa shape index (κ2) is 8.65. The number of quaternary nitrogens is 1. The number of nitrogen functional groups attached to an aromatic ring is 1. The van der Waals surface area contributed by atoms with E-state index in [4.69, 9.17) is 10.5 Å². The number of likely N-dealkylation sites (tertiary alicyclic amines) is 1. The Balaban J connectivity index is 1.49. The number of anilines is 1. The van der Waals surface area contributed by atoms with Gasteiger partial charge in [0.1, 0.15) is 41.0 Å². The first-order valence-electron chi connectivity index (χ1n) is 11.1. The summed E-state index contributed by atoms with van der Waals surface area (Å²) in [6.45, 7) is 3.52. The van der Waals surface area contributed by atoms with Crippen LogP contribution in [0, 0.1) is 5.21 Å². The molecule has 2 N–H and O–H groups in total. The van der Waals surface area contributed by atoms with Crippen molar-refractivity contribution in [3.8, 4) is 11.5 Å². The van der Waals surface area contributed by atoms with E-state index in [1.54, 1.807) is 0 Å². The second-order valence-electron chi connectivity index (χ2n) is 8.24. The summed E-state index contributed by atoms with van der Waals surface area (Å²) in [5, 5.41) is 18.9. The molecular weight excluding hydrogens is 416 g/mol. The van der Waals surface area contributed by atoms with Crippen molar-refractivity contribution in [1.29, 1.82) is 0 Å². The highest BCUT2D eigenvalue weighted by atomic mass is 16.6. The number of fused-ring (bicyclic) bond motifs is 1. The van der Waals surface area contributed by atoms with Crippen molar-refractivity contribution >= 4 is 17.3 Å². The van der Waals surface area contributed by atoms with E-state index in [1.807, 2.05) is 73.8 Å². The molecule has 0 bridgehead atoms. The van der Waals surface area contributed by atoms with Gasteiger partial charge < -0.3 is 20.6 Å². The van der Waals surface area contributed by atoms with Crippen LogP contribution in [-0.4, -0.2) is 39.7 Å². The lowest BCUT2D eigenvalue weighted by Crippen LogP contribution is -2.54. The van der Waals surface area contributed by atoms with Gasteiger partial charge in [0.2, 0.25) is 0 Å². The molecular formula is C25H26N6O2. The molecule has 1 aromatic heterocycles. The van der Waals surface area contributed by atoms with Gasteiger partial charge in [0.25, 0.3) is 5.82 Å². The summed E-state index contributed by atoms with van der Waals surface area (Å²) in [6.07, 6.45) is 7.05. The first-order valence-corrected chi connectivity index (χ1v) is 11.1. The Bertz CT molecular complexity index is 1200. The molecule has 0 radical (unpaired) electrons. The minimum Gasteiger partial charge on any atom is -0.598 e. The van der Waals surface area contributed by atoms with Crippen molar-refractivity contribution in [2.45, 2.75) is 25.8 Å². The number of aromatic nitrogens is 2.